The van der Waals surface area contributed by atoms with E-state index in [2.05, 4.69) is 31.7 Å². The summed E-state index contributed by atoms with van der Waals surface area (Å²) >= 11 is 0. The standard InChI is InChI=1S/C21H29NO2.C3H7NO2S/c1-20(2)18-13-15-16(9-6-10-17(15)23)21(20,3)11-12-22(18)19(24)14-7-4-5-8-14;4-7(5,6)3-1-2-3/h6,9-10,14,18,23H,4-5,7-8,11-13H2,1-3H3;3H,1-2H2,(H2,4,5,6)/t18-,21+;/m1./s1. The van der Waals surface area contributed by atoms with Gasteiger partial charge < -0.3 is 10.0 Å². The van der Waals surface area contributed by atoms with Crippen LogP contribution in [0, 0.1) is 11.3 Å². The lowest BCUT2D eigenvalue weighted by Crippen LogP contribution is -2.65. The minimum atomic E-state index is -3.13. The van der Waals surface area contributed by atoms with Crippen LogP contribution in [0.5, 0.6) is 5.75 Å². The van der Waals surface area contributed by atoms with Gasteiger partial charge in [0.25, 0.3) is 0 Å². The number of nitrogens with zero attached hydrogens (tertiary/aromatic N) is 1. The highest BCUT2D eigenvalue weighted by molar-refractivity contribution is 7.90. The molecule has 0 radical (unpaired) electrons. The molecule has 2 bridgehead atoms. The molecule has 7 heteroatoms. The molecule has 0 spiro atoms. The molecular formula is C24H36N2O4S. The number of nitrogens with two attached hydrogens (primary N) is 1. The molecule has 1 aromatic carbocycles. The smallest absolute Gasteiger partial charge is 0.225 e. The maximum absolute atomic E-state index is 13.2. The van der Waals surface area contributed by atoms with Gasteiger partial charge in [0.05, 0.1) is 5.25 Å². The molecule has 1 heterocycles. The molecule has 3 aliphatic carbocycles. The number of rotatable bonds is 2. The molecule has 172 valence electrons. The molecule has 6 nitrogen and oxygen atoms in total. The third-order valence-corrected chi connectivity index (χ3v) is 10.0. The van der Waals surface area contributed by atoms with Crippen LogP contribution in [-0.2, 0) is 26.7 Å². The van der Waals surface area contributed by atoms with Gasteiger partial charge in [-0.05, 0) is 61.1 Å². The van der Waals surface area contributed by atoms with Crippen molar-refractivity contribution in [1.82, 2.24) is 4.90 Å². The number of hydrogen-bond acceptors (Lipinski definition) is 4. The number of phenolic OH excluding ortho intramolecular Hbond substituents is 1. The summed E-state index contributed by atoms with van der Waals surface area (Å²) in [6.07, 6.45) is 7.79. The summed E-state index contributed by atoms with van der Waals surface area (Å²) in [6.45, 7) is 7.82. The van der Waals surface area contributed by atoms with Crippen LogP contribution in [0.25, 0.3) is 0 Å². The Morgan fingerprint density at radius 1 is 1.13 bits per heavy atom. The van der Waals surface area contributed by atoms with E-state index in [0.29, 0.717) is 11.7 Å². The van der Waals surface area contributed by atoms with E-state index in [0.717, 1.165) is 50.6 Å². The normalized spacial score (nSPS) is 29.7. The van der Waals surface area contributed by atoms with Crippen LogP contribution >= 0.6 is 0 Å². The summed E-state index contributed by atoms with van der Waals surface area (Å²) in [5, 5.41) is 14.9. The molecule has 0 aromatic heterocycles. The second-order valence-corrected chi connectivity index (χ2v) is 12.5. The van der Waals surface area contributed by atoms with Gasteiger partial charge in [-0.2, -0.15) is 0 Å². The zero-order valence-electron chi connectivity index (χ0n) is 18.9. The van der Waals surface area contributed by atoms with Crippen molar-refractivity contribution in [2.45, 2.75) is 88.8 Å². The molecular weight excluding hydrogens is 412 g/mol. The quantitative estimate of drug-likeness (QED) is 0.723. The lowest BCUT2D eigenvalue weighted by atomic mass is 9.51. The van der Waals surface area contributed by atoms with Gasteiger partial charge in [-0.15, -0.1) is 0 Å². The molecule has 3 fully saturated rings. The summed E-state index contributed by atoms with van der Waals surface area (Å²) in [6, 6.07) is 6.12. The van der Waals surface area contributed by atoms with Crippen molar-refractivity contribution in [1.29, 1.82) is 0 Å². The van der Waals surface area contributed by atoms with Crippen molar-refractivity contribution in [3.05, 3.63) is 29.3 Å². The van der Waals surface area contributed by atoms with Crippen LogP contribution in [0.15, 0.2) is 18.2 Å². The van der Waals surface area contributed by atoms with Crippen LogP contribution in [-0.4, -0.2) is 42.2 Å². The van der Waals surface area contributed by atoms with Gasteiger partial charge in [0, 0.05) is 23.9 Å². The highest BCUT2D eigenvalue weighted by Crippen LogP contribution is 2.57. The predicted molar refractivity (Wildman–Crippen MR) is 121 cm³/mol. The fourth-order valence-corrected chi connectivity index (χ4v) is 6.79. The Balaban J connectivity index is 0.000000282. The third-order valence-electron chi connectivity index (χ3n) is 8.60. The van der Waals surface area contributed by atoms with E-state index in [-0.39, 0.29) is 28.0 Å². The zero-order valence-corrected chi connectivity index (χ0v) is 19.7. The summed E-state index contributed by atoms with van der Waals surface area (Å²) in [4.78, 5) is 15.3. The molecule has 1 aromatic rings. The SMILES string of the molecule is CC1(C)[C@H]2Cc3c(O)cccc3[C@]1(C)CCN2C(=O)C1CCCC1.NS(=O)(=O)C1CC1. The van der Waals surface area contributed by atoms with Gasteiger partial charge in [-0.1, -0.05) is 45.7 Å². The number of primary sulfonamides is 1. The monoisotopic (exact) mass is 448 g/mol. The number of piperidine rings is 1. The highest BCUT2D eigenvalue weighted by Gasteiger charge is 2.57. The minimum absolute atomic E-state index is 0.0104. The van der Waals surface area contributed by atoms with Crippen molar-refractivity contribution < 1.29 is 18.3 Å². The number of hydrogen-bond donors (Lipinski definition) is 2. The Morgan fingerprint density at radius 2 is 1.77 bits per heavy atom. The van der Waals surface area contributed by atoms with E-state index in [9.17, 15) is 18.3 Å². The first-order valence-corrected chi connectivity index (χ1v) is 13.2. The van der Waals surface area contributed by atoms with E-state index in [4.69, 9.17) is 5.14 Å². The van der Waals surface area contributed by atoms with Crippen molar-refractivity contribution in [2.75, 3.05) is 6.54 Å². The van der Waals surface area contributed by atoms with E-state index in [1.54, 1.807) is 6.07 Å². The molecule has 2 atom stereocenters. The molecule has 1 amide bonds. The number of carbonyl (C=O) groups excluding carboxylic acids is 1. The molecule has 0 unspecified atom stereocenters. The van der Waals surface area contributed by atoms with Crippen LogP contribution in [0.4, 0.5) is 0 Å². The summed E-state index contributed by atoms with van der Waals surface area (Å²) < 4.78 is 20.3. The molecule has 1 aliphatic heterocycles. The van der Waals surface area contributed by atoms with Crippen molar-refractivity contribution in [2.24, 2.45) is 16.5 Å². The van der Waals surface area contributed by atoms with Crippen molar-refractivity contribution in [3.63, 3.8) is 0 Å². The van der Waals surface area contributed by atoms with Gasteiger partial charge in [-0.3, -0.25) is 4.79 Å². The number of phenols is 1. The molecule has 31 heavy (non-hydrogen) atoms. The maximum atomic E-state index is 13.2. The number of likely N-dealkylation sites (tertiary alicyclic amines) is 1. The van der Waals surface area contributed by atoms with Crippen LogP contribution < -0.4 is 5.14 Å². The van der Waals surface area contributed by atoms with E-state index < -0.39 is 10.0 Å². The number of carbonyl (C=O) groups is 1. The number of sulfonamides is 1. The first kappa shape index (κ1) is 22.6. The van der Waals surface area contributed by atoms with Gasteiger partial charge in [0.15, 0.2) is 0 Å². The molecule has 4 aliphatic rings. The number of fused-ring (bicyclic) bond motifs is 4. The van der Waals surface area contributed by atoms with Crippen LogP contribution in [0.2, 0.25) is 0 Å². The number of benzene rings is 1. The number of amides is 1. The summed E-state index contributed by atoms with van der Waals surface area (Å²) in [5.74, 6) is 0.997. The van der Waals surface area contributed by atoms with Crippen LogP contribution in [0.1, 0.15) is 76.8 Å². The largest absolute Gasteiger partial charge is 0.508 e. The average Bonchev–Trinajstić information content (AvgIpc) is 3.42. The maximum Gasteiger partial charge on any atom is 0.225 e. The highest BCUT2D eigenvalue weighted by atomic mass is 32.2. The van der Waals surface area contributed by atoms with E-state index in [1.165, 1.54) is 18.4 Å². The van der Waals surface area contributed by atoms with Crippen molar-refractivity contribution in [3.8, 4) is 5.75 Å². The van der Waals surface area contributed by atoms with Gasteiger partial charge in [0.1, 0.15) is 5.75 Å². The van der Waals surface area contributed by atoms with E-state index >= 15 is 0 Å². The molecule has 5 rings (SSSR count). The molecule has 1 saturated heterocycles. The minimum Gasteiger partial charge on any atom is -0.508 e. The Kier molecular flexibility index (Phi) is 5.66. The molecule has 2 saturated carbocycles. The van der Waals surface area contributed by atoms with Crippen molar-refractivity contribution >= 4 is 15.9 Å². The number of aromatic hydroxyl groups is 1. The predicted octanol–water partition coefficient (Wildman–Crippen LogP) is 3.46. The second-order valence-electron chi connectivity index (χ2n) is 10.6. The third kappa shape index (κ3) is 3.88. The summed E-state index contributed by atoms with van der Waals surface area (Å²) in [5.41, 5.74) is 2.38. The van der Waals surface area contributed by atoms with Crippen LogP contribution in [0.3, 0.4) is 0 Å². The zero-order chi connectivity index (χ0) is 22.6. The van der Waals surface area contributed by atoms with Gasteiger partial charge in [-0.25, -0.2) is 13.6 Å². The Morgan fingerprint density at radius 3 is 2.32 bits per heavy atom. The Labute approximate surface area is 186 Å². The summed E-state index contributed by atoms with van der Waals surface area (Å²) in [7, 11) is -3.13. The Hall–Kier alpha value is -1.60. The Bertz CT molecular complexity index is 964. The molecule has 3 N–H and O–H groups in total. The topological polar surface area (TPSA) is 101 Å². The lowest BCUT2D eigenvalue weighted by molar-refractivity contribution is -0.148. The average molecular weight is 449 g/mol. The fraction of sp³-hybridized carbons (Fsp3) is 0.708. The van der Waals surface area contributed by atoms with Gasteiger partial charge >= 0.3 is 0 Å². The first-order valence-electron chi connectivity index (χ1n) is 11.6. The second kappa shape index (κ2) is 7.77. The van der Waals surface area contributed by atoms with E-state index in [1.807, 2.05) is 6.07 Å². The fourth-order valence-electron chi connectivity index (χ4n) is 5.99. The van der Waals surface area contributed by atoms with Gasteiger partial charge in [0.2, 0.25) is 15.9 Å². The first-order chi connectivity index (χ1) is 14.5. The lowest BCUT2D eigenvalue weighted by Gasteiger charge is -2.61.